The molecule has 256 valence electrons. The molecule has 0 radical (unpaired) electrons. The number of allylic oxidation sites excluding steroid dienone is 4. The number of nitrogens with zero attached hydrogens (tertiary/aromatic N) is 4. The van der Waals surface area contributed by atoms with Crippen molar-refractivity contribution in [3.63, 3.8) is 0 Å². The molecule has 54 heavy (non-hydrogen) atoms. The summed E-state index contributed by atoms with van der Waals surface area (Å²) < 4.78 is 9.93. The van der Waals surface area contributed by atoms with E-state index < -0.39 is 22.1 Å². The number of carbonyl (C=O) groups excluding carboxylic acids is 1. The van der Waals surface area contributed by atoms with Crippen LogP contribution >= 0.6 is 8.32 Å². The van der Waals surface area contributed by atoms with Gasteiger partial charge in [-0.25, -0.2) is 0 Å². The Morgan fingerprint density at radius 2 is 0.944 bits per heavy atom. The van der Waals surface area contributed by atoms with E-state index in [2.05, 4.69) is 126 Å². The summed E-state index contributed by atoms with van der Waals surface area (Å²) in [5.74, 6) is -0.382. The van der Waals surface area contributed by atoms with Crippen LogP contribution in [0, 0.1) is 0 Å². The molecule has 10 rings (SSSR count). The first-order valence-electron chi connectivity index (χ1n) is 17.8. The number of hydrogen-bond donors (Lipinski definition) is 0. The summed E-state index contributed by atoms with van der Waals surface area (Å²) in [5, 5.41) is 2.06. The van der Waals surface area contributed by atoms with Crippen molar-refractivity contribution in [1.29, 1.82) is 0 Å². The van der Waals surface area contributed by atoms with Crippen LogP contribution in [-0.4, -0.2) is 51.3 Å². The van der Waals surface area contributed by atoms with E-state index in [0.29, 0.717) is 5.56 Å². The first kappa shape index (κ1) is 32.8. The maximum atomic E-state index is 12.5. The zero-order chi connectivity index (χ0) is 36.3. The van der Waals surface area contributed by atoms with E-state index in [-0.39, 0.29) is 5.97 Å². The predicted molar refractivity (Wildman–Crippen MR) is 218 cm³/mol. The second-order valence-electron chi connectivity index (χ2n) is 13.4. The molecule has 6 aromatic rings. The molecular weight excluding hydrogens is 880 g/mol. The van der Waals surface area contributed by atoms with Crippen LogP contribution in [0.2, 0.25) is 0 Å². The molecule has 4 aliphatic heterocycles. The number of aliphatic imine (C=N–C) groups is 2. The molecule has 0 amide bonds. The minimum absolute atomic E-state index is 0.382. The van der Waals surface area contributed by atoms with Crippen molar-refractivity contribution in [2.45, 2.75) is 0 Å². The van der Waals surface area contributed by atoms with Crippen LogP contribution in [0.15, 0.2) is 185 Å². The Balaban J connectivity index is 1.41. The van der Waals surface area contributed by atoms with E-state index in [1.54, 1.807) is 0 Å². The summed E-state index contributed by atoms with van der Waals surface area (Å²) in [5.41, 5.74) is 14.0. The average Bonchev–Trinajstić information content (AvgIpc) is 4.05. The molecule has 0 aliphatic carbocycles. The number of halogens is 1. The minimum atomic E-state index is -4.01. The number of ether oxygens (including phenoxy) is 1. The van der Waals surface area contributed by atoms with Gasteiger partial charge in [-0.15, -0.1) is 0 Å². The number of carbonyl (C=O) groups is 1. The summed E-state index contributed by atoms with van der Waals surface area (Å²) >= 11 is -4.01. The topological polar surface area (TPSA) is 60.9 Å². The third-order valence-electron chi connectivity index (χ3n) is 10.4. The van der Waals surface area contributed by atoms with E-state index in [0.717, 1.165) is 89.4 Å². The SMILES string of the molecule is COC(=O)c1ccc(C2=C3C=CC(=N3)C(c3ccccc3)=c3ccc4[n]3[Tl]([Cl])[n]3c(ccc32)C(c2ccccc2)=C2C=CC(=N2)C=4c2ccccc2)cc1. The van der Waals surface area contributed by atoms with Crippen molar-refractivity contribution in [2.24, 2.45) is 9.98 Å². The third kappa shape index (κ3) is 5.23. The Bertz CT molecular complexity index is 2860. The van der Waals surface area contributed by atoms with Crippen molar-refractivity contribution in [1.82, 2.24) is 4.75 Å². The molecule has 6 bridgehead atoms. The molecular formula is C46H30ClN4O2Tl. The van der Waals surface area contributed by atoms with Gasteiger partial charge < -0.3 is 0 Å². The molecule has 4 aromatic carbocycles. The van der Waals surface area contributed by atoms with Gasteiger partial charge in [-0.3, -0.25) is 0 Å². The number of aromatic nitrogens is 2. The van der Waals surface area contributed by atoms with Gasteiger partial charge >= 0.3 is 327 Å². The zero-order valence-electron chi connectivity index (χ0n) is 29.1. The van der Waals surface area contributed by atoms with Gasteiger partial charge in [0, 0.05) is 0 Å². The van der Waals surface area contributed by atoms with Gasteiger partial charge in [-0.2, -0.15) is 0 Å². The van der Waals surface area contributed by atoms with Crippen molar-refractivity contribution in [3.05, 3.63) is 225 Å². The standard InChI is InChI=1S/C46H31N4O2.ClH.Tl/c1-52-46(51)33-19-17-32(18-20-33)45-40-27-25-38(49-40)43(30-13-7-3-8-14-30)36-23-21-34(47-36)42(29-11-5-2-6-12-29)35-22-24-37(48-35)44(31-15-9-4-10-16-31)39-26-28-41(45)50-39;;/h2-28H,1H3,(H-,47,48,49,50,51);1H;/q-1;;+3/p-2. The van der Waals surface area contributed by atoms with Crippen molar-refractivity contribution < 1.29 is 9.53 Å². The van der Waals surface area contributed by atoms with E-state index in [4.69, 9.17) is 23.0 Å². The molecule has 4 aliphatic rings. The number of hydrogen-bond acceptors (Lipinski definition) is 4. The number of benzene rings is 4. The van der Waals surface area contributed by atoms with E-state index in [9.17, 15) is 4.79 Å². The summed E-state index contributed by atoms with van der Waals surface area (Å²) in [6.07, 6.45) is 8.49. The second-order valence-corrected chi connectivity index (χ2v) is 23.2. The first-order valence-corrected chi connectivity index (χ1v) is 27.3. The van der Waals surface area contributed by atoms with Crippen molar-refractivity contribution >= 4 is 70.1 Å². The fourth-order valence-corrected chi connectivity index (χ4v) is 19.5. The molecule has 0 spiro atoms. The van der Waals surface area contributed by atoms with Gasteiger partial charge in [0.15, 0.2) is 0 Å². The van der Waals surface area contributed by atoms with Crippen molar-refractivity contribution in [3.8, 4) is 0 Å². The molecule has 0 fully saturated rings. The number of esters is 1. The summed E-state index contributed by atoms with van der Waals surface area (Å²) in [4.78, 5) is 23.4. The molecule has 0 saturated heterocycles. The Kier molecular flexibility index (Phi) is 8.03. The molecule has 6 nitrogen and oxygen atoms in total. The van der Waals surface area contributed by atoms with Gasteiger partial charge in [0.2, 0.25) is 0 Å². The molecule has 0 saturated carbocycles. The van der Waals surface area contributed by atoms with Gasteiger partial charge in [0.05, 0.1) is 0 Å². The summed E-state index contributed by atoms with van der Waals surface area (Å²) in [6, 6.07) is 47.8. The third-order valence-corrected chi connectivity index (χ3v) is 21.4. The fraction of sp³-hybridized carbons (Fsp3) is 0.0217. The van der Waals surface area contributed by atoms with Crippen molar-refractivity contribution in [2.75, 3.05) is 7.11 Å². The van der Waals surface area contributed by atoms with Crippen LogP contribution < -0.4 is 10.7 Å². The van der Waals surface area contributed by atoms with Crippen LogP contribution in [0.1, 0.15) is 44.0 Å². The monoisotopic (exact) mass is 910 g/mol. The molecule has 0 atom stereocenters. The molecule has 0 N–H and O–H groups in total. The van der Waals surface area contributed by atoms with Gasteiger partial charge in [-0.05, 0) is 0 Å². The van der Waals surface area contributed by atoms with E-state index in [1.807, 2.05) is 42.5 Å². The number of fused-ring (bicyclic) bond motifs is 2. The molecule has 8 heteroatoms. The quantitative estimate of drug-likeness (QED) is 0.132. The Morgan fingerprint density at radius 1 is 0.519 bits per heavy atom. The summed E-state index contributed by atoms with van der Waals surface area (Å²) in [7, 11) is 9.73. The molecule has 2 aromatic heterocycles. The van der Waals surface area contributed by atoms with Gasteiger partial charge in [-0.1, -0.05) is 0 Å². The number of methoxy groups -OCH3 is 1. The maximum absolute atomic E-state index is 12.5. The van der Waals surface area contributed by atoms with Crippen LogP contribution in [0.3, 0.4) is 0 Å². The Hall–Kier alpha value is -5.84. The zero-order valence-corrected chi connectivity index (χ0v) is 34.4. The van der Waals surface area contributed by atoms with Crippen LogP contribution in [0.5, 0.6) is 0 Å². The van der Waals surface area contributed by atoms with Crippen LogP contribution in [0.25, 0.3) is 22.3 Å². The normalized spacial score (nSPS) is 15.5. The van der Waals surface area contributed by atoms with Gasteiger partial charge in [0.25, 0.3) is 0 Å². The average molecular weight is 911 g/mol. The Labute approximate surface area is 324 Å². The Morgan fingerprint density at radius 3 is 1.39 bits per heavy atom. The molecule has 6 heterocycles. The van der Waals surface area contributed by atoms with Gasteiger partial charge in [0.1, 0.15) is 0 Å². The second kappa shape index (κ2) is 13.2. The van der Waals surface area contributed by atoms with Crippen LogP contribution in [0.4, 0.5) is 0 Å². The molecule has 0 unspecified atom stereocenters. The number of rotatable bonds is 5. The first-order chi connectivity index (χ1) is 26.6. The summed E-state index contributed by atoms with van der Waals surface area (Å²) in [6.45, 7) is 0. The van der Waals surface area contributed by atoms with E-state index in [1.165, 1.54) is 7.11 Å². The van der Waals surface area contributed by atoms with E-state index >= 15 is 0 Å². The predicted octanol–water partition coefficient (Wildman–Crippen LogP) is 7.66. The van der Waals surface area contributed by atoms with Crippen LogP contribution in [-0.2, 0) is 4.74 Å². The fourth-order valence-electron chi connectivity index (χ4n) is 7.98.